The highest BCUT2D eigenvalue weighted by Crippen LogP contribution is 2.34. The van der Waals surface area contributed by atoms with Gasteiger partial charge >= 0.3 is 12.3 Å². The van der Waals surface area contributed by atoms with E-state index in [1.807, 2.05) is 13.0 Å². The summed E-state index contributed by atoms with van der Waals surface area (Å²) >= 11 is 0. The predicted octanol–water partition coefficient (Wildman–Crippen LogP) is 4.13. The van der Waals surface area contributed by atoms with Gasteiger partial charge < -0.3 is 40.2 Å². The number of carboxylic acid groups (broad SMARTS) is 2. The van der Waals surface area contributed by atoms with Gasteiger partial charge in [0.2, 0.25) is 11.7 Å². The topological polar surface area (TPSA) is 190 Å². The van der Waals surface area contributed by atoms with E-state index in [-0.39, 0.29) is 35.1 Å². The Bertz CT molecular complexity index is 2250. The minimum absolute atomic E-state index is 0.0142. The molecule has 3 amide bonds. The summed E-state index contributed by atoms with van der Waals surface area (Å²) in [5.74, 6) is -5.21. The molecule has 4 N–H and O–H groups in total. The number of fused-ring (bicyclic) bond motifs is 1. The minimum atomic E-state index is -5.19. The fraction of sp³-hybridized carbons (Fsp3) is 0.450. The summed E-state index contributed by atoms with van der Waals surface area (Å²) in [4.78, 5) is 57.8. The first-order valence-corrected chi connectivity index (χ1v) is 19.4. The number of alkyl halides is 3. The van der Waals surface area contributed by atoms with Crippen molar-refractivity contribution in [1.29, 1.82) is 0 Å². The number of aryl methyl sites for hydroxylation is 1. The lowest BCUT2D eigenvalue weighted by Gasteiger charge is -2.46. The molecule has 322 valence electrons. The van der Waals surface area contributed by atoms with Crippen molar-refractivity contribution in [2.24, 2.45) is 11.8 Å². The summed E-state index contributed by atoms with van der Waals surface area (Å²) in [6, 6.07) is 7.35. The number of nitrogens with zero attached hydrogens (tertiary/aromatic N) is 5. The van der Waals surface area contributed by atoms with Gasteiger partial charge in [0.1, 0.15) is 5.97 Å². The summed E-state index contributed by atoms with van der Waals surface area (Å²) in [6.45, 7) is 6.82. The van der Waals surface area contributed by atoms with Crippen LogP contribution in [0.5, 0.6) is 5.75 Å². The first-order chi connectivity index (χ1) is 28.4. The van der Waals surface area contributed by atoms with E-state index in [9.17, 15) is 41.4 Å². The van der Waals surface area contributed by atoms with E-state index in [4.69, 9.17) is 14.6 Å². The van der Waals surface area contributed by atoms with Crippen molar-refractivity contribution in [2.45, 2.75) is 57.3 Å². The third kappa shape index (κ3) is 9.44. The number of aliphatic carboxylic acids is 1. The summed E-state index contributed by atoms with van der Waals surface area (Å²) in [5.41, 5.74) is 2.63. The number of aromatic nitrogens is 3. The molecule has 0 atom stereocenters. The Morgan fingerprint density at radius 3 is 2.33 bits per heavy atom. The second-order valence-electron chi connectivity index (χ2n) is 15.5. The van der Waals surface area contributed by atoms with Crippen LogP contribution in [-0.4, -0.2) is 118 Å². The fourth-order valence-corrected chi connectivity index (χ4v) is 7.94. The molecule has 1 aliphatic carbocycles. The number of piperidine rings is 1. The van der Waals surface area contributed by atoms with Crippen LogP contribution in [0.25, 0.3) is 16.9 Å². The Labute approximate surface area is 341 Å². The van der Waals surface area contributed by atoms with Crippen molar-refractivity contribution >= 4 is 41.0 Å². The molecule has 15 nitrogen and oxygen atoms in total. The van der Waals surface area contributed by atoms with Crippen molar-refractivity contribution in [1.82, 2.24) is 29.9 Å². The van der Waals surface area contributed by atoms with E-state index in [1.54, 1.807) is 22.7 Å². The highest BCUT2D eigenvalue weighted by Gasteiger charge is 2.45. The van der Waals surface area contributed by atoms with Gasteiger partial charge in [-0.05, 0) is 55.2 Å². The summed E-state index contributed by atoms with van der Waals surface area (Å²) in [5, 5.41) is 28.4. The van der Waals surface area contributed by atoms with Gasteiger partial charge in [-0.3, -0.25) is 14.0 Å². The van der Waals surface area contributed by atoms with Gasteiger partial charge in [-0.15, -0.1) is 0 Å². The number of imidazole rings is 1. The summed E-state index contributed by atoms with van der Waals surface area (Å²) in [6.07, 6.45) is 0.778. The van der Waals surface area contributed by atoms with E-state index in [0.29, 0.717) is 66.4 Å². The summed E-state index contributed by atoms with van der Waals surface area (Å²) < 4.78 is 68.4. The third-order valence-electron chi connectivity index (χ3n) is 11.4. The molecule has 20 heteroatoms. The number of benzene rings is 2. The second-order valence-corrected chi connectivity index (χ2v) is 15.5. The number of hydrogen-bond acceptors (Lipinski definition) is 10. The maximum absolute atomic E-state index is 14.9. The highest BCUT2D eigenvalue weighted by atomic mass is 19.4. The molecular weight excluding hydrogens is 799 g/mol. The number of hydrogen-bond donors (Lipinski definition) is 4. The second kappa shape index (κ2) is 17.8. The smallest absolute Gasteiger partial charge is 0.430 e. The fourth-order valence-electron chi connectivity index (χ4n) is 7.94. The van der Waals surface area contributed by atoms with Crippen LogP contribution in [0.4, 0.5) is 38.3 Å². The Hall–Kier alpha value is -5.89. The van der Waals surface area contributed by atoms with Gasteiger partial charge in [-0.25, -0.2) is 24.1 Å². The number of carboxylic acids is 1. The average Bonchev–Trinajstić information content (AvgIpc) is 3.61. The first kappa shape index (κ1) is 43.7. The van der Waals surface area contributed by atoms with Crippen molar-refractivity contribution in [3.63, 3.8) is 0 Å². The Morgan fingerprint density at radius 1 is 1.07 bits per heavy atom. The molecule has 4 aromatic rings. The van der Waals surface area contributed by atoms with E-state index in [1.165, 1.54) is 31.6 Å². The van der Waals surface area contributed by atoms with Crippen LogP contribution in [-0.2, 0) is 16.0 Å². The molecule has 1 saturated carbocycles. The number of likely N-dealkylation sites (tertiary alicyclic amines) is 1. The highest BCUT2D eigenvalue weighted by molar-refractivity contribution is 5.97. The number of carbonyl (C=O) groups excluding carboxylic acids is 3. The van der Waals surface area contributed by atoms with Crippen LogP contribution in [0, 0.1) is 23.5 Å². The Kier molecular flexibility index (Phi) is 12.9. The zero-order valence-electron chi connectivity index (χ0n) is 33.0. The van der Waals surface area contributed by atoms with Crippen molar-refractivity contribution in [2.75, 3.05) is 52.2 Å². The SMILES string of the molecule is CCc1cc(Nc2nccn3c(-c4ccc(OC)c(F)c4F)cnc23)ccc1C(=O)NC1CC(N(C(=O)O)C(=O)C2CC[N+](C)(CC3CNC3)CC2)C1.O=C([O-])C(F)(F)F. The molecule has 2 saturated heterocycles. The molecule has 0 radical (unpaired) electrons. The number of halogens is 5. The maximum Gasteiger partial charge on any atom is 0.430 e. The molecule has 0 spiro atoms. The largest absolute Gasteiger partial charge is 0.542 e. The van der Waals surface area contributed by atoms with Crippen LogP contribution in [0.15, 0.2) is 48.9 Å². The lowest BCUT2D eigenvalue weighted by molar-refractivity contribution is -0.918. The van der Waals surface area contributed by atoms with E-state index in [0.717, 1.165) is 47.7 Å². The average molecular weight is 845 g/mol. The number of carbonyl (C=O) groups is 4. The van der Waals surface area contributed by atoms with E-state index >= 15 is 0 Å². The molecule has 2 aromatic carbocycles. The van der Waals surface area contributed by atoms with Gasteiger partial charge in [-0.2, -0.15) is 17.6 Å². The Morgan fingerprint density at radius 2 is 1.75 bits per heavy atom. The van der Waals surface area contributed by atoms with Gasteiger partial charge in [0.05, 0.1) is 45.7 Å². The molecule has 60 heavy (non-hydrogen) atoms. The maximum atomic E-state index is 14.9. The van der Waals surface area contributed by atoms with Gasteiger partial charge in [0, 0.05) is 79.1 Å². The van der Waals surface area contributed by atoms with E-state index in [2.05, 4.69) is 33.0 Å². The summed E-state index contributed by atoms with van der Waals surface area (Å²) in [7, 11) is 3.50. The minimum Gasteiger partial charge on any atom is -0.542 e. The van der Waals surface area contributed by atoms with Crippen LogP contribution in [0.1, 0.15) is 48.5 Å². The number of nitrogens with one attached hydrogen (secondary N) is 3. The van der Waals surface area contributed by atoms with Crippen LogP contribution < -0.4 is 25.8 Å². The number of anilines is 2. The standard InChI is InChI=1S/C38H44F2N8O5.C2HF3O2/c1-4-23-15-25(44-34-35-43-20-30(46(35)12-11-42-34)29-7-8-31(53-3)33(40)32(29)39)5-6-28(23)36(49)45-26-16-27(17-26)47(38(51)52)37(50)24-9-13-48(2,14-10-24)21-22-18-41-19-22;3-2(4,5)1(6)7/h5-8,11-12,15,20,22,24,26-27,41H,4,9-10,13-14,16-19,21H2,1-3H3,(H2-,42,44,45,49,51,52);(H,6,7). The third-order valence-corrected chi connectivity index (χ3v) is 11.4. The molecule has 2 aliphatic heterocycles. The van der Waals surface area contributed by atoms with Crippen LogP contribution in [0.2, 0.25) is 0 Å². The lowest BCUT2D eigenvalue weighted by Crippen LogP contribution is -2.61. The number of imide groups is 1. The first-order valence-electron chi connectivity index (χ1n) is 19.4. The van der Waals surface area contributed by atoms with Crippen molar-refractivity contribution in [3.8, 4) is 17.0 Å². The molecule has 7 rings (SSSR count). The Balaban J connectivity index is 0.000000793. The molecule has 0 bridgehead atoms. The number of amides is 3. The lowest BCUT2D eigenvalue weighted by atomic mass is 9.83. The number of ether oxygens (including phenoxy) is 1. The molecule has 2 aromatic heterocycles. The molecule has 3 aliphatic rings. The number of rotatable bonds is 11. The van der Waals surface area contributed by atoms with Crippen LogP contribution >= 0.6 is 0 Å². The zero-order chi connectivity index (χ0) is 43.5. The van der Waals surface area contributed by atoms with Crippen molar-refractivity contribution in [3.05, 3.63) is 71.7 Å². The number of methoxy groups -OCH3 is 1. The van der Waals surface area contributed by atoms with Crippen molar-refractivity contribution < 1.29 is 60.6 Å². The van der Waals surface area contributed by atoms with Crippen LogP contribution in [0.3, 0.4) is 0 Å². The zero-order valence-corrected chi connectivity index (χ0v) is 33.0. The monoisotopic (exact) mass is 844 g/mol. The quantitative estimate of drug-likeness (QED) is 0.126. The van der Waals surface area contributed by atoms with Gasteiger partial charge in [0.25, 0.3) is 5.91 Å². The number of quaternary nitrogens is 1. The molecular formula is C40H45F5N8O7. The molecule has 3 fully saturated rings. The molecule has 4 heterocycles. The normalized spacial score (nSPS) is 21.4. The van der Waals surface area contributed by atoms with Gasteiger partial charge in [-0.1, -0.05) is 6.92 Å². The predicted molar refractivity (Wildman–Crippen MR) is 204 cm³/mol. The van der Waals surface area contributed by atoms with Gasteiger partial charge in [0.15, 0.2) is 23.0 Å². The van der Waals surface area contributed by atoms with E-state index < -0.39 is 35.9 Å². The molecule has 0 unspecified atom stereocenters.